The van der Waals surface area contributed by atoms with Crippen LogP contribution >= 0.6 is 0 Å². The lowest BCUT2D eigenvalue weighted by Gasteiger charge is -2.57. The minimum absolute atomic E-state index is 0.127. The summed E-state index contributed by atoms with van der Waals surface area (Å²) in [6.45, 7) is 4.83. The highest BCUT2D eigenvalue weighted by molar-refractivity contribution is 5.25. The molecule has 2 heteroatoms. The van der Waals surface area contributed by atoms with Gasteiger partial charge < -0.3 is 5.11 Å². The Kier molecular flexibility index (Phi) is 3.65. The molecule has 0 bridgehead atoms. The van der Waals surface area contributed by atoms with Crippen LogP contribution in [-0.4, -0.2) is 11.2 Å². The Bertz CT molecular complexity index is 584. The van der Waals surface area contributed by atoms with Crippen molar-refractivity contribution in [2.45, 2.75) is 71.3 Å². The van der Waals surface area contributed by atoms with Gasteiger partial charge in [-0.05, 0) is 80.0 Å². The molecule has 3 fully saturated rings. The maximum absolute atomic E-state index is 12.5. The first-order chi connectivity index (χ1) is 11.0. The van der Waals surface area contributed by atoms with Gasteiger partial charge in [-0.3, -0.25) is 0 Å². The van der Waals surface area contributed by atoms with Gasteiger partial charge in [-0.25, -0.2) is 0 Å². The van der Waals surface area contributed by atoms with Gasteiger partial charge in [-0.15, -0.1) is 4.39 Å². The molecular formula is C21H29FO. The molecule has 7 atom stereocenters. The predicted molar refractivity (Wildman–Crippen MR) is 90.1 cm³/mol. The molecule has 1 N–H and O–H groups in total. The van der Waals surface area contributed by atoms with Crippen molar-refractivity contribution in [3.63, 3.8) is 0 Å². The number of aliphatic hydroxyl groups excluding tert-OH is 1. The fourth-order valence-electron chi connectivity index (χ4n) is 6.99. The lowest BCUT2D eigenvalue weighted by molar-refractivity contribution is -0.0450. The average Bonchev–Trinajstić information content (AvgIpc) is 2.83. The van der Waals surface area contributed by atoms with Gasteiger partial charge in [0.05, 0.1) is 6.10 Å². The van der Waals surface area contributed by atoms with E-state index in [-0.39, 0.29) is 17.4 Å². The molecule has 4 aliphatic rings. The van der Waals surface area contributed by atoms with Crippen LogP contribution in [0, 0.1) is 46.6 Å². The van der Waals surface area contributed by atoms with Crippen molar-refractivity contribution >= 4 is 0 Å². The first kappa shape index (κ1) is 15.7. The van der Waals surface area contributed by atoms with Gasteiger partial charge in [0.25, 0.3) is 0 Å². The van der Waals surface area contributed by atoms with Crippen molar-refractivity contribution in [3.05, 3.63) is 11.6 Å². The second-order valence-corrected chi connectivity index (χ2v) is 9.22. The molecule has 0 amide bonds. The summed E-state index contributed by atoms with van der Waals surface area (Å²) in [4.78, 5) is 0. The van der Waals surface area contributed by atoms with Crippen molar-refractivity contribution < 1.29 is 9.50 Å². The number of allylic oxidation sites excluding steroid dienone is 2. The highest BCUT2D eigenvalue weighted by Gasteiger charge is 2.57. The third kappa shape index (κ3) is 2.30. The van der Waals surface area contributed by atoms with Gasteiger partial charge in [0, 0.05) is 5.92 Å². The minimum Gasteiger partial charge on any atom is -0.393 e. The van der Waals surface area contributed by atoms with Gasteiger partial charge in [0.1, 0.15) is 6.17 Å². The van der Waals surface area contributed by atoms with Crippen molar-refractivity contribution in [3.8, 4) is 12.1 Å². The molecule has 0 saturated heterocycles. The number of halogens is 1. The molecule has 0 aliphatic heterocycles. The summed E-state index contributed by atoms with van der Waals surface area (Å²) in [6.07, 6.45) is 12.9. The fraction of sp³-hybridized carbons (Fsp3) is 0.810. The minimum atomic E-state index is -0.127. The largest absolute Gasteiger partial charge is 0.393 e. The first-order valence-electron chi connectivity index (χ1n) is 9.45. The van der Waals surface area contributed by atoms with Crippen molar-refractivity contribution in [1.29, 1.82) is 0 Å². The molecule has 4 aliphatic carbocycles. The molecule has 0 aromatic rings. The lowest BCUT2D eigenvalue weighted by Crippen LogP contribution is -2.49. The standard InChI is InChI=1S/C21H29FO/c1-20-9-7-18-17(19(20)11-14(12-20)8-10-22)6-4-15-3-5-16(23)13-21(15,18)2/h4,14,16-19,23H,3,5-7,9,11-13H2,1-2H3/t14?,16?,17-,18-,19+,20-,21+/m1/s1. The topological polar surface area (TPSA) is 20.2 Å². The Morgan fingerprint density at radius 2 is 2.04 bits per heavy atom. The van der Waals surface area contributed by atoms with Crippen LogP contribution in [-0.2, 0) is 0 Å². The van der Waals surface area contributed by atoms with Gasteiger partial charge >= 0.3 is 0 Å². The normalized spacial score (nSPS) is 51.7. The first-order valence-corrected chi connectivity index (χ1v) is 9.45. The molecule has 0 aromatic heterocycles. The zero-order chi connectivity index (χ0) is 16.2. The van der Waals surface area contributed by atoms with Crippen LogP contribution in [0.25, 0.3) is 0 Å². The summed E-state index contributed by atoms with van der Waals surface area (Å²) in [7, 11) is 0. The van der Waals surface area contributed by atoms with Gasteiger partial charge in [0.2, 0.25) is 0 Å². The number of hydrogen-bond donors (Lipinski definition) is 1. The Labute approximate surface area is 139 Å². The Balaban J connectivity index is 1.65. The summed E-state index contributed by atoms with van der Waals surface area (Å²) in [6, 6.07) is 0. The van der Waals surface area contributed by atoms with Crippen LogP contribution in [0.4, 0.5) is 4.39 Å². The van der Waals surface area contributed by atoms with E-state index in [0.29, 0.717) is 23.2 Å². The zero-order valence-electron chi connectivity index (χ0n) is 14.4. The second-order valence-electron chi connectivity index (χ2n) is 9.22. The van der Waals surface area contributed by atoms with E-state index in [1.807, 2.05) is 0 Å². The van der Waals surface area contributed by atoms with E-state index in [4.69, 9.17) is 0 Å². The number of rotatable bonds is 0. The van der Waals surface area contributed by atoms with E-state index in [9.17, 15) is 9.50 Å². The molecule has 0 heterocycles. The molecule has 0 aromatic carbocycles. The van der Waals surface area contributed by atoms with Crippen LogP contribution in [0.1, 0.15) is 65.2 Å². The highest BCUT2D eigenvalue weighted by atomic mass is 19.1. The smallest absolute Gasteiger partial charge is 0.105 e. The molecule has 0 spiro atoms. The maximum atomic E-state index is 12.5. The Morgan fingerprint density at radius 3 is 2.83 bits per heavy atom. The number of fused-ring (bicyclic) bond motifs is 5. The molecule has 0 radical (unpaired) electrons. The molecule has 126 valence electrons. The van der Waals surface area contributed by atoms with Crippen LogP contribution in [0.5, 0.6) is 0 Å². The molecule has 2 unspecified atom stereocenters. The van der Waals surface area contributed by atoms with E-state index >= 15 is 0 Å². The van der Waals surface area contributed by atoms with Gasteiger partial charge in [-0.2, -0.15) is 0 Å². The Morgan fingerprint density at radius 1 is 1.22 bits per heavy atom. The Hall–Kier alpha value is -0.810. The predicted octanol–water partition coefficient (Wildman–Crippen LogP) is 4.86. The van der Waals surface area contributed by atoms with Crippen LogP contribution < -0.4 is 0 Å². The van der Waals surface area contributed by atoms with E-state index in [0.717, 1.165) is 32.1 Å². The molecule has 1 nitrogen and oxygen atoms in total. The van der Waals surface area contributed by atoms with Crippen LogP contribution in [0.2, 0.25) is 0 Å². The van der Waals surface area contributed by atoms with E-state index in [1.165, 1.54) is 19.3 Å². The quantitative estimate of drug-likeness (QED) is 0.500. The van der Waals surface area contributed by atoms with Gasteiger partial charge in [-0.1, -0.05) is 31.4 Å². The zero-order valence-corrected chi connectivity index (χ0v) is 14.4. The van der Waals surface area contributed by atoms with Gasteiger partial charge in [0.15, 0.2) is 0 Å². The number of hydrogen-bond acceptors (Lipinski definition) is 1. The summed E-state index contributed by atoms with van der Waals surface area (Å²) >= 11 is 0. The molecule has 4 rings (SSSR count). The summed E-state index contributed by atoms with van der Waals surface area (Å²) < 4.78 is 12.5. The molecule has 3 saturated carbocycles. The van der Waals surface area contributed by atoms with E-state index in [1.54, 1.807) is 11.7 Å². The molecule has 23 heavy (non-hydrogen) atoms. The monoisotopic (exact) mass is 316 g/mol. The summed E-state index contributed by atoms with van der Waals surface area (Å²) in [5.74, 6) is 5.17. The van der Waals surface area contributed by atoms with Crippen LogP contribution in [0.15, 0.2) is 11.6 Å². The second kappa shape index (κ2) is 5.35. The summed E-state index contributed by atoms with van der Waals surface area (Å²) in [5, 5.41) is 10.3. The average molecular weight is 316 g/mol. The lowest BCUT2D eigenvalue weighted by atomic mass is 9.48. The van der Waals surface area contributed by atoms with E-state index in [2.05, 4.69) is 25.8 Å². The van der Waals surface area contributed by atoms with Crippen molar-refractivity contribution in [2.75, 3.05) is 0 Å². The summed E-state index contributed by atoms with van der Waals surface area (Å²) in [5.41, 5.74) is 2.17. The third-order valence-electron chi connectivity index (χ3n) is 8.06. The van der Waals surface area contributed by atoms with Crippen LogP contribution in [0.3, 0.4) is 0 Å². The molecular weight excluding hydrogens is 287 g/mol. The van der Waals surface area contributed by atoms with Crippen molar-refractivity contribution in [2.24, 2.45) is 34.5 Å². The van der Waals surface area contributed by atoms with E-state index < -0.39 is 0 Å². The maximum Gasteiger partial charge on any atom is 0.105 e. The fourth-order valence-corrected chi connectivity index (χ4v) is 6.99. The highest BCUT2D eigenvalue weighted by Crippen LogP contribution is 2.65. The third-order valence-corrected chi connectivity index (χ3v) is 8.06. The SMILES string of the molecule is C[C@]12CC[C@@H]3[C@@H](CC=C4CCC(O)C[C@@]43C)[C@@H]1CC(C#CF)C2. The number of aliphatic hydroxyl groups is 1. The van der Waals surface area contributed by atoms with Crippen molar-refractivity contribution in [1.82, 2.24) is 0 Å².